The van der Waals surface area contributed by atoms with Crippen molar-refractivity contribution >= 4 is 12.0 Å². The summed E-state index contributed by atoms with van der Waals surface area (Å²) in [4.78, 5) is 21.2. The minimum atomic E-state index is -0.498. The van der Waals surface area contributed by atoms with Crippen LogP contribution in [-0.4, -0.2) is 39.5 Å². The largest absolute Gasteiger partial charge is 0.468 e. The summed E-state index contributed by atoms with van der Waals surface area (Å²) in [5, 5.41) is 4.60. The highest BCUT2D eigenvalue weighted by Crippen LogP contribution is 1.70. The van der Waals surface area contributed by atoms with Crippen molar-refractivity contribution in [1.82, 2.24) is 10.6 Å². The highest BCUT2D eigenvalue weighted by atomic mass is 16.5. The number of hydrogen-bond donors (Lipinski definition) is 2. The molecule has 0 radical (unpaired) electrons. The lowest BCUT2D eigenvalue weighted by atomic mass is 10.6. The van der Waals surface area contributed by atoms with Crippen LogP contribution in [0.15, 0.2) is 0 Å². The van der Waals surface area contributed by atoms with Crippen LogP contribution >= 0.6 is 0 Å². The molecule has 0 aromatic carbocycles. The van der Waals surface area contributed by atoms with Crippen LogP contribution in [0.4, 0.5) is 4.79 Å². The second kappa shape index (κ2) is 6.41. The maximum absolute atomic E-state index is 10.7. The fourth-order valence-electron chi connectivity index (χ4n) is 0.425. The molecule has 0 aliphatic heterocycles. The molecule has 0 rings (SSSR count). The van der Waals surface area contributed by atoms with E-state index < -0.39 is 12.0 Å². The van der Waals surface area contributed by atoms with Gasteiger partial charge in [0.15, 0.2) is 0 Å². The Morgan fingerprint density at radius 3 is 2.42 bits per heavy atom. The Kier molecular flexibility index (Phi) is 5.72. The van der Waals surface area contributed by atoms with Crippen LogP contribution in [0, 0.1) is 0 Å². The predicted molar refractivity (Wildman–Crippen MR) is 40.4 cm³/mol. The van der Waals surface area contributed by atoms with Gasteiger partial charge in [-0.3, -0.25) is 4.79 Å². The van der Waals surface area contributed by atoms with Crippen LogP contribution < -0.4 is 10.6 Å². The molecule has 2 N–H and O–H groups in total. The molecule has 0 saturated carbocycles. The molecular weight excluding hydrogens is 164 g/mol. The minimum absolute atomic E-state index is 0.104. The third-order valence-electron chi connectivity index (χ3n) is 0.998. The smallest absolute Gasteiger partial charge is 0.325 e. The van der Waals surface area contributed by atoms with E-state index in [0.29, 0.717) is 0 Å². The van der Waals surface area contributed by atoms with Gasteiger partial charge in [-0.2, -0.15) is 0 Å². The van der Waals surface area contributed by atoms with E-state index in [-0.39, 0.29) is 13.3 Å². The van der Waals surface area contributed by atoms with Gasteiger partial charge in [0.1, 0.15) is 13.3 Å². The number of carbonyl (C=O) groups is 2. The molecule has 0 aromatic rings. The lowest BCUT2D eigenvalue weighted by Gasteiger charge is -2.04. The number of amides is 2. The van der Waals surface area contributed by atoms with Gasteiger partial charge in [-0.1, -0.05) is 0 Å². The fourth-order valence-corrected chi connectivity index (χ4v) is 0.425. The number of esters is 1. The zero-order chi connectivity index (χ0) is 9.40. The van der Waals surface area contributed by atoms with Crippen molar-refractivity contribution in [3.8, 4) is 0 Å². The van der Waals surface area contributed by atoms with E-state index in [1.807, 2.05) is 0 Å². The first kappa shape index (κ1) is 10.7. The van der Waals surface area contributed by atoms with Crippen LogP contribution in [0.25, 0.3) is 0 Å². The monoisotopic (exact) mass is 176 g/mol. The molecular formula is C6H12N2O4. The zero-order valence-electron chi connectivity index (χ0n) is 7.05. The van der Waals surface area contributed by atoms with Gasteiger partial charge in [0, 0.05) is 7.11 Å². The maximum atomic E-state index is 10.7. The van der Waals surface area contributed by atoms with E-state index in [1.54, 1.807) is 0 Å². The van der Waals surface area contributed by atoms with E-state index in [2.05, 4.69) is 20.1 Å². The van der Waals surface area contributed by atoms with Gasteiger partial charge in [0.25, 0.3) is 0 Å². The third-order valence-corrected chi connectivity index (χ3v) is 0.998. The molecule has 6 heteroatoms. The Bertz CT molecular complexity index is 160. The molecule has 0 aliphatic carbocycles. The Hall–Kier alpha value is -1.30. The van der Waals surface area contributed by atoms with E-state index in [0.717, 1.165) is 0 Å². The average Bonchev–Trinajstić information content (AvgIpc) is 2.10. The highest BCUT2D eigenvalue weighted by molar-refractivity contribution is 5.80. The maximum Gasteiger partial charge on any atom is 0.325 e. The van der Waals surface area contributed by atoms with Gasteiger partial charge in [-0.05, 0) is 0 Å². The summed E-state index contributed by atoms with van der Waals surface area (Å²) in [6.45, 7) is -0.0426. The first-order valence-corrected chi connectivity index (χ1v) is 3.28. The Morgan fingerprint density at radius 1 is 1.25 bits per heavy atom. The normalized spacial score (nSPS) is 8.83. The quantitative estimate of drug-likeness (QED) is 0.428. The number of urea groups is 1. The van der Waals surface area contributed by atoms with Gasteiger partial charge in [-0.15, -0.1) is 0 Å². The minimum Gasteiger partial charge on any atom is -0.468 e. The predicted octanol–water partition coefficient (Wildman–Crippen LogP) is -0.937. The van der Waals surface area contributed by atoms with Crippen molar-refractivity contribution in [1.29, 1.82) is 0 Å². The molecule has 0 aliphatic rings. The standard InChI is InChI=1S/C6H12N2O4/c1-11-4-8-6(10)7-3-5(9)12-2/h3-4H2,1-2H3,(H2,7,8,10). The van der Waals surface area contributed by atoms with E-state index >= 15 is 0 Å². The van der Waals surface area contributed by atoms with Crippen molar-refractivity contribution in [2.45, 2.75) is 0 Å². The zero-order valence-corrected chi connectivity index (χ0v) is 7.05. The molecule has 12 heavy (non-hydrogen) atoms. The molecule has 0 aromatic heterocycles. The first-order chi connectivity index (χ1) is 5.70. The Morgan fingerprint density at radius 2 is 1.92 bits per heavy atom. The van der Waals surface area contributed by atoms with Crippen LogP contribution in [0.2, 0.25) is 0 Å². The topological polar surface area (TPSA) is 76.7 Å². The number of carbonyl (C=O) groups excluding carboxylic acids is 2. The second-order valence-corrected chi connectivity index (χ2v) is 1.87. The molecule has 6 nitrogen and oxygen atoms in total. The molecule has 0 spiro atoms. The molecule has 0 saturated heterocycles. The third kappa shape index (κ3) is 5.48. The van der Waals surface area contributed by atoms with Crippen LogP contribution in [0.3, 0.4) is 0 Å². The van der Waals surface area contributed by atoms with Crippen LogP contribution in [0.5, 0.6) is 0 Å². The number of rotatable bonds is 4. The lowest BCUT2D eigenvalue weighted by molar-refractivity contribution is -0.139. The number of ether oxygens (including phenoxy) is 2. The van der Waals surface area contributed by atoms with Crippen LogP contribution in [-0.2, 0) is 14.3 Å². The number of nitrogens with one attached hydrogen (secondary N) is 2. The Balaban J connectivity index is 3.37. The van der Waals surface area contributed by atoms with Crippen molar-refractivity contribution < 1.29 is 19.1 Å². The number of hydrogen-bond acceptors (Lipinski definition) is 4. The molecule has 0 heterocycles. The summed E-state index contributed by atoms with van der Waals surface area (Å²) < 4.78 is 8.85. The summed E-state index contributed by atoms with van der Waals surface area (Å²) in [7, 11) is 2.69. The lowest BCUT2D eigenvalue weighted by Crippen LogP contribution is -2.39. The van der Waals surface area contributed by atoms with Gasteiger partial charge >= 0.3 is 12.0 Å². The Labute approximate surface area is 70.2 Å². The van der Waals surface area contributed by atoms with E-state index in [4.69, 9.17) is 0 Å². The molecule has 70 valence electrons. The van der Waals surface area contributed by atoms with E-state index in [9.17, 15) is 9.59 Å². The molecule has 0 bridgehead atoms. The first-order valence-electron chi connectivity index (χ1n) is 3.28. The molecule has 0 fully saturated rings. The van der Waals surface area contributed by atoms with Gasteiger partial charge in [-0.25, -0.2) is 4.79 Å². The SMILES string of the molecule is COCNC(=O)NCC(=O)OC. The molecule has 2 amide bonds. The van der Waals surface area contributed by atoms with Crippen molar-refractivity contribution in [2.24, 2.45) is 0 Å². The van der Waals surface area contributed by atoms with Gasteiger partial charge in [0.05, 0.1) is 7.11 Å². The van der Waals surface area contributed by atoms with E-state index in [1.165, 1.54) is 14.2 Å². The van der Waals surface area contributed by atoms with Crippen LogP contribution in [0.1, 0.15) is 0 Å². The summed E-state index contributed by atoms with van der Waals surface area (Å²) in [6, 6.07) is -0.470. The van der Waals surface area contributed by atoms with Gasteiger partial charge in [0.2, 0.25) is 0 Å². The summed E-state index contributed by atoms with van der Waals surface area (Å²) >= 11 is 0. The molecule has 0 unspecified atom stereocenters. The van der Waals surface area contributed by atoms with Crippen molar-refractivity contribution in [3.05, 3.63) is 0 Å². The molecule has 0 atom stereocenters. The second-order valence-electron chi connectivity index (χ2n) is 1.87. The summed E-state index contributed by atoms with van der Waals surface area (Å²) in [5.74, 6) is -0.498. The average molecular weight is 176 g/mol. The van der Waals surface area contributed by atoms with Crippen molar-refractivity contribution in [2.75, 3.05) is 27.5 Å². The van der Waals surface area contributed by atoms with Crippen molar-refractivity contribution in [3.63, 3.8) is 0 Å². The van der Waals surface area contributed by atoms with Gasteiger partial charge < -0.3 is 20.1 Å². The summed E-state index contributed by atoms with van der Waals surface area (Å²) in [6.07, 6.45) is 0. The summed E-state index contributed by atoms with van der Waals surface area (Å²) in [5.41, 5.74) is 0. The number of methoxy groups -OCH3 is 2. The highest BCUT2D eigenvalue weighted by Gasteiger charge is 2.02. The fraction of sp³-hybridized carbons (Fsp3) is 0.667.